The molecule has 3 aromatic carbocycles. The summed E-state index contributed by atoms with van der Waals surface area (Å²) in [6, 6.07) is 33.5. The molecule has 0 amide bonds. The summed E-state index contributed by atoms with van der Waals surface area (Å²) >= 11 is 0. The zero-order valence-electron chi connectivity index (χ0n) is 23.8. The van der Waals surface area contributed by atoms with Crippen LogP contribution in [0.3, 0.4) is 0 Å². The summed E-state index contributed by atoms with van der Waals surface area (Å²) in [5, 5.41) is 0. The first-order valence-electron chi connectivity index (χ1n) is 13.0. The molecule has 39 heavy (non-hydrogen) atoms. The normalized spacial score (nSPS) is 10.7. The Kier molecular flexibility index (Phi) is 10.1. The van der Waals surface area contributed by atoms with Gasteiger partial charge in [0.1, 0.15) is 0 Å². The van der Waals surface area contributed by atoms with Crippen LogP contribution in [-0.2, 0) is 25.5 Å². The predicted octanol–water partition coefficient (Wildman–Crippen LogP) is 8.69. The van der Waals surface area contributed by atoms with Gasteiger partial charge >= 0.3 is 0 Å². The minimum atomic E-state index is 0. The summed E-state index contributed by atoms with van der Waals surface area (Å²) in [6.07, 6.45) is 1.83. The van der Waals surface area contributed by atoms with Crippen molar-refractivity contribution in [2.75, 3.05) is 0 Å². The van der Waals surface area contributed by atoms with Gasteiger partial charge in [-0.1, -0.05) is 76.6 Å². The largest absolute Gasteiger partial charge is 0.302 e. The van der Waals surface area contributed by atoms with Crippen LogP contribution >= 0.6 is 0 Å². The van der Waals surface area contributed by atoms with E-state index in [0.717, 1.165) is 45.2 Å². The summed E-state index contributed by atoms with van der Waals surface area (Å²) in [7, 11) is 0. The summed E-state index contributed by atoms with van der Waals surface area (Å²) < 4.78 is 0. The van der Waals surface area contributed by atoms with E-state index in [1.807, 2.05) is 43.5 Å². The van der Waals surface area contributed by atoms with Crippen LogP contribution in [0.4, 0.5) is 0 Å². The van der Waals surface area contributed by atoms with Gasteiger partial charge in [0.05, 0.1) is 5.82 Å². The number of hydrogen-bond acceptors (Lipinski definition) is 3. The van der Waals surface area contributed by atoms with E-state index in [4.69, 9.17) is 4.98 Å². The second-order valence-corrected chi connectivity index (χ2v) is 10.8. The van der Waals surface area contributed by atoms with Gasteiger partial charge in [-0.25, -0.2) is 0 Å². The molecule has 0 N–H and O–H groups in total. The third-order valence-electron chi connectivity index (χ3n) is 6.10. The third-order valence-corrected chi connectivity index (χ3v) is 6.10. The molecule has 2 heterocycles. The van der Waals surface area contributed by atoms with Crippen LogP contribution in [-0.4, -0.2) is 15.0 Å². The van der Waals surface area contributed by atoms with Crippen molar-refractivity contribution < 1.29 is 20.1 Å². The quantitative estimate of drug-likeness (QED) is 0.178. The molecule has 201 valence electrons. The van der Waals surface area contributed by atoms with E-state index in [-0.39, 0.29) is 25.5 Å². The minimum absolute atomic E-state index is 0. The monoisotopic (exact) mass is 690 g/mol. The third kappa shape index (κ3) is 8.26. The van der Waals surface area contributed by atoms with Gasteiger partial charge in [-0.2, -0.15) is 0 Å². The Morgan fingerprint density at radius 1 is 0.692 bits per heavy atom. The maximum Gasteiger partial charge on any atom is 0.0751 e. The van der Waals surface area contributed by atoms with E-state index in [9.17, 15) is 0 Å². The standard InChI is InChI=1S/C20H19N2.C15H16N.Ir/c1-20(2,3)18-12-13-21-19(22-18)17-11-7-10-16(14-17)15-8-5-4-6-9-15;1-10-5-11(2)8-14(7-10)15-9-12(3)6-13(4)16-15;/h4-10,12-14H,1-3H3;5-7,9H,1-4H3;/q2*-1;. The molecule has 3 nitrogen and oxygen atoms in total. The van der Waals surface area contributed by atoms with E-state index >= 15 is 0 Å². The van der Waals surface area contributed by atoms with E-state index in [1.54, 1.807) is 0 Å². The van der Waals surface area contributed by atoms with E-state index in [1.165, 1.54) is 16.7 Å². The first-order chi connectivity index (χ1) is 18.1. The molecule has 0 aliphatic heterocycles. The maximum atomic E-state index is 4.71. The molecule has 0 saturated carbocycles. The number of aromatic nitrogens is 3. The molecule has 0 aliphatic rings. The Labute approximate surface area is 247 Å². The van der Waals surface area contributed by atoms with Gasteiger partial charge < -0.3 is 4.98 Å². The molecule has 0 spiro atoms. The van der Waals surface area contributed by atoms with Crippen LogP contribution in [0.2, 0.25) is 0 Å². The Bertz CT molecular complexity index is 1450. The first-order valence-corrected chi connectivity index (χ1v) is 13.0. The summed E-state index contributed by atoms with van der Waals surface area (Å²) in [5.74, 6) is 0.727. The average molecular weight is 690 g/mol. The van der Waals surface area contributed by atoms with Crippen molar-refractivity contribution >= 4 is 0 Å². The second kappa shape index (κ2) is 13.1. The van der Waals surface area contributed by atoms with Crippen LogP contribution in [0.15, 0.2) is 85.1 Å². The van der Waals surface area contributed by atoms with Gasteiger partial charge in [-0.3, -0.25) is 9.97 Å². The van der Waals surface area contributed by atoms with Crippen LogP contribution in [0.5, 0.6) is 0 Å². The minimum Gasteiger partial charge on any atom is -0.302 e. The number of aryl methyl sites for hydroxylation is 4. The van der Waals surface area contributed by atoms with Crippen molar-refractivity contribution in [1.82, 2.24) is 15.0 Å². The Morgan fingerprint density at radius 3 is 2.08 bits per heavy atom. The molecule has 5 rings (SSSR count). The molecule has 2 aromatic heterocycles. The van der Waals surface area contributed by atoms with Gasteiger partial charge in [0.15, 0.2) is 0 Å². The Morgan fingerprint density at radius 2 is 1.41 bits per heavy atom. The summed E-state index contributed by atoms with van der Waals surface area (Å²) in [6.45, 7) is 14.8. The van der Waals surface area contributed by atoms with Crippen LogP contribution in [0.1, 0.15) is 48.8 Å². The molecule has 0 unspecified atom stereocenters. The molecule has 0 saturated heterocycles. The SMILES string of the molecule is CC(C)(C)c1ccnc(-c2[c-]ccc(-c3ccccc3)c2)n1.Cc1[c-]c(-c2cc(C)cc(C)n2)cc(C)c1.[Ir]. The molecular formula is C35H35IrN3-2. The zero-order valence-corrected chi connectivity index (χ0v) is 26.2. The van der Waals surface area contributed by atoms with Crippen molar-refractivity contribution in [3.63, 3.8) is 0 Å². The topological polar surface area (TPSA) is 38.7 Å². The van der Waals surface area contributed by atoms with E-state index in [0.29, 0.717) is 0 Å². The van der Waals surface area contributed by atoms with Gasteiger partial charge in [0, 0.05) is 43.1 Å². The Hall–Kier alpha value is -3.46. The molecule has 0 fully saturated rings. The molecular weight excluding hydrogens is 655 g/mol. The van der Waals surface area contributed by atoms with Gasteiger partial charge in [0.25, 0.3) is 0 Å². The summed E-state index contributed by atoms with van der Waals surface area (Å²) in [5.41, 5.74) is 11.1. The van der Waals surface area contributed by atoms with Crippen molar-refractivity contribution in [3.8, 4) is 33.8 Å². The van der Waals surface area contributed by atoms with Crippen molar-refractivity contribution in [2.24, 2.45) is 0 Å². The fourth-order valence-corrected chi connectivity index (χ4v) is 4.32. The fraction of sp³-hybridized carbons (Fsp3) is 0.229. The second-order valence-electron chi connectivity index (χ2n) is 10.8. The number of pyridine rings is 1. The van der Waals surface area contributed by atoms with Crippen LogP contribution in [0.25, 0.3) is 33.8 Å². The molecule has 1 radical (unpaired) electrons. The summed E-state index contributed by atoms with van der Waals surface area (Å²) in [4.78, 5) is 13.7. The molecule has 4 heteroatoms. The Balaban J connectivity index is 0.000000220. The van der Waals surface area contributed by atoms with Gasteiger partial charge in [0.2, 0.25) is 0 Å². The van der Waals surface area contributed by atoms with Crippen molar-refractivity contribution in [1.29, 1.82) is 0 Å². The maximum absolute atomic E-state index is 4.71. The smallest absolute Gasteiger partial charge is 0.0751 e. The molecule has 5 aromatic rings. The van der Waals surface area contributed by atoms with E-state index in [2.05, 4.69) is 112 Å². The van der Waals surface area contributed by atoms with Crippen molar-refractivity contribution in [2.45, 2.75) is 53.9 Å². The zero-order chi connectivity index (χ0) is 27.3. The predicted molar refractivity (Wildman–Crippen MR) is 158 cm³/mol. The van der Waals surface area contributed by atoms with Crippen molar-refractivity contribution in [3.05, 3.63) is 125 Å². The van der Waals surface area contributed by atoms with Crippen LogP contribution in [0, 0.1) is 39.8 Å². The number of hydrogen-bond donors (Lipinski definition) is 0. The number of benzene rings is 3. The fourth-order valence-electron chi connectivity index (χ4n) is 4.32. The first kappa shape index (κ1) is 30.1. The molecule has 0 atom stereocenters. The van der Waals surface area contributed by atoms with Gasteiger partial charge in [-0.15, -0.1) is 70.3 Å². The van der Waals surface area contributed by atoms with Gasteiger partial charge in [-0.05, 0) is 37.2 Å². The molecule has 0 aliphatic carbocycles. The number of rotatable bonds is 3. The average Bonchev–Trinajstić information content (AvgIpc) is 2.88. The van der Waals surface area contributed by atoms with E-state index < -0.39 is 0 Å². The van der Waals surface area contributed by atoms with Crippen LogP contribution < -0.4 is 0 Å². The number of nitrogens with zero attached hydrogens (tertiary/aromatic N) is 3. The molecule has 0 bridgehead atoms.